The van der Waals surface area contributed by atoms with E-state index in [0.717, 1.165) is 23.0 Å². The van der Waals surface area contributed by atoms with E-state index in [1.807, 2.05) is 15.9 Å². The van der Waals surface area contributed by atoms with Gasteiger partial charge < -0.3 is 9.80 Å². The van der Waals surface area contributed by atoms with Gasteiger partial charge in [-0.15, -0.1) is 0 Å². The minimum Gasteiger partial charge on any atom is -0.323 e. The third kappa shape index (κ3) is 3.31. The van der Waals surface area contributed by atoms with Gasteiger partial charge in [-0.25, -0.2) is 36.0 Å². The van der Waals surface area contributed by atoms with E-state index in [-0.39, 0.29) is 24.5 Å². The summed E-state index contributed by atoms with van der Waals surface area (Å²) in [5.74, 6) is -2.59. The number of amides is 2. The number of likely N-dealkylation sites (tertiary alicyclic amines) is 2. The van der Waals surface area contributed by atoms with Gasteiger partial charge in [0.2, 0.25) is 10.0 Å². The van der Waals surface area contributed by atoms with Gasteiger partial charge in [-0.2, -0.15) is 9.40 Å². The molecule has 0 unspecified atom stereocenters. The van der Waals surface area contributed by atoms with Gasteiger partial charge in [0.25, 0.3) is 0 Å². The molecule has 2 aromatic rings. The Morgan fingerprint density at radius 1 is 0.917 bits per heavy atom. The van der Waals surface area contributed by atoms with Gasteiger partial charge in [-0.05, 0) is 25.7 Å². The Hall–Kier alpha value is -2.67. The lowest BCUT2D eigenvalue weighted by atomic mass is 9.60. The van der Waals surface area contributed by atoms with Gasteiger partial charge in [0, 0.05) is 68.1 Å². The Kier molecular flexibility index (Phi) is 4.51. The molecule has 192 valence electrons. The fourth-order valence-corrected chi connectivity index (χ4v) is 8.11. The van der Waals surface area contributed by atoms with Gasteiger partial charge in [-0.3, -0.25) is 0 Å². The summed E-state index contributed by atoms with van der Waals surface area (Å²) in [5, 5.41) is 4.62. The van der Waals surface area contributed by atoms with Crippen molar-refractivity contribution >= 4 is 16.1 Å². The summed E-state index contributed by atoms with van der Waals surface area (Å²) in [4.78, 5) is 19.7. The highest BCUT2D eigenvalue weighted by Crippen LogP contribution is 2.54. The molecule has 2 spiro atoms. The number of hydrogen-bond acceptors (Lipinski definition) is 5. The van der Waals surface area contributed by atoms with Crippen LogP contribution in [0.3, 0.4) is 0 Å². The van der Waals surface area contributed by atoms with Crippen molar-refractivity contribution in [3.8, 4) is 0 Å². The summed E-state index contributed by atoms with van der Waals surface area (Å²) in [6, 6.07) is 1.00. The van der Waals surface area contributed by atoms with Crippen LogP contribution in [0, 0.1) is 28.3 Å². The van der Waals surface area contributed by atoms with Gasteiger partial charge in [0.05, 0.1) is 6.04 Å². The molecule has 7 rings (SSSR count). The van der Waals surface area contributed by atoms with E-state index in [9.17, 15) is 26.4 Å². The summed E-state index contributed by atoms with van der Waals surface area (Å²) in [5.41, 5.74) is -0.245. The molecule has 5 fully saturated rings. The maximum atomic E-state index is 14.0. The van der Waals surface area contributed by atoms with Crippen LogP contribution in [0.4, 0.5) is 18.0 Å². The van der Waals surface area contributed by atoms with Crippen molar-refractivity contribution in [1.29, 1.82) is 0 Å². The predicted octanol–water partition coefficient (Wildman–Crippen LogP) is 2.34. The van der Waals surface area contributed by atoms with Crippen LogP contribution in [0.1, 0.15) is 43.5 Å². The molecule has 1 aromatic heterocycles. The number of urea groups is 1. The summed E-state index contributed by atoms with van der Waals surface area (Å²) < 4.78 is 69.5. The molecule has 0 N–H and O–H groups in total. The summed E-state index contributed by atoms with van der Waals surface area (Å²) in [6.45, 7) is 2.37. The Balaban J connectivity index is 0.900. The molecule has 1 aromatic carbocycles. The SMILES string of the molecule is O=C(N1CC2(CC(n3cnc(C4CC4)n3)C2)C1)N1CC2(C1)CN(S(=O)(=O)c1c(F)cc(F)cc1F)C2. The quantitative estimate of drug-likeness (QED) is 0.615. The second-order valence-corrected chi connectivity index (χ2v) is 13.3. The van der Waals surface area contributed by atoms with E-state index < -0.39 is 37.8 Å². The third-order valence-electron chi connectivity index (χ3n) is 8.41. The molecule has 36 heavy (non-hydrogen) atoms. The topological polar surface area (TPSA) is 91.6 Å². The lowest BCUT2D eigenvalue weighted by Gasteiger charge is -2.63. The van der Waals surface area contributed by atoms with Crippen molar-refractivity contribution in [2.75, 3.05) is 39.3 Å². The zero-order chi connectivity index (χ0) is 25.0. The maximum Gasteiger partial charge on any atom is 0.320 e. The van der Waals surface area contributed by atoms with Crippen LogP contribution in [0.15, 0.2) is 23.4 Å². The molecule has 0 radical (unpaired) electrons. The number of sulfonamides is 1. The van der Waals surface area contributed by atoms with Crippen LogP contribution < -0.4 is 0 Å². The third-order valence-corrected chi connectivity index (χ3v) is 10.3. The molecule has 9 nitrogen and oxygen atoms in total. The van der Waals surface area contributed by atoms with Gasteiger partial charge in [0.15, 0.2) is 10.7 Å². The number of carbonyl (C=O) groups is 1. The van der Waals surface area contributed by atoms with Crippen LogP contribution in [0.5, 0.6) is 0 Å². The minimum absolute atomic E-state index is 0.0524. The number of halogens is 3. The monoisotopic (exact) mass is 522 g/mol. The van der Waals surface area contributed by atoms with Crippen LogP contribution in [-0.4, -0.2) is 82.6 Å². The molecule has 13 heteroatoms. The number of carbonyl (C=O) groups excluding carboxylic acids is 1. The van der Waals surface area contributed by atoms with Gasteiger partial charge in [0.1, 0.15) is 23.8 Å². The Morgan fingerprint density at radius 3 is 2.08 bits per heavy atom. The molecule has 2 aliphatic carbocycles. The van der Waals surface area contributed by atoms with Crippen LogP contribution >= 0.6 is 0 Å². The molecule has 2 amide bonds. The number of rotatable bonds is 4. The minimum atomic E-state index is -4.42. The van der Waals surface area contributed by atoms with Crippen molar-refractivity contribution < 1.29 is 26.4 Å². The molecular formula is C23H25F3N6O3S. The first kappa shape index (κ1) is 22.5. The standard InChI is InChI=1S/C23H25F3N6O3S/c24-15-3-17(25)19(18(26)4-15)36(34,35)31-11-23(12-31)9-30(10-23)21(33)29-7-22(8-29)5-16(6-22)32-13-27-20(28-32)14-1-2-14/h3-4,13-14,16H,1-2,5-12H2. The van der Waals surface area contributed by atoms with E-state index in [4.69, 9.17) is 0 Å². The largest absolute Gasteiger partial charge is 0.323 e. The van der Waals surface area contributed by atoms with Crippen LogP contribution in [0.2, 0.25) is 0 Å². The second-order valence-electron chi connectivity index (χ2n) is 11.4. The molecule has 3 aliphatic heterocycles. The van der Waals surface area contributed by atoms with E-state index in [0.29, 0.717) is 50.3 Å². The first-order valence-corrected chi connectivity index (χ1v) is 13.6. The fourth-order valence-electron chi connectivity index (χ4n) is 6.35. The average molecular weight is 523 g/mol. The summed E-state index contributed by atoms with van der Waals surface area (Å²) >= 11 is 0. The molecule has 5 aliphatic rings. The van der Waals surface area contributed by atoms with Crippen molar-refractivity contribution in [3.63, 3.8) is 0 Å². The van der Waals surface area contributed by atoms with Gasteiger partial charge >= 0.3 is 6.03 Å². The first-order chi connectivity index (χ1) is 17.1. The zero-order valence-electron chi connectivity index (χ0n) is 19.4. The van der Waals surface area contributed by atoms with Gasteiger partial charge in [-0.1, -0.05) is 0 Å². The lowest BCUT2D eigenvalue weighted by molar-refractivity contribution is -0.101. The molecule has 2 saturated carbocycles. The second kappa shape index (κ2) is 7.21. The number of aromatic nitrogens is 3. The zero-order valence-corrected chi connectivity index (χ0v) is 20.2. The normalized spacial score (nSPS) is 24.9. The number of benzene rings is 1. The highest BCUT2D eigenvalue weighted by Gasteiger charge is 2.60. The lowest BCUT2D eigenvalue weighted by Crippen LogP contribution is -2.76. The highest BCUT2D eigenvalue weighted by molar-refractivity contribution is 7.89. The molecule has 0 atom stereocenters. The number of nitrogens with zero attached hydrogens (tertiary/aromatic N) is 6. The van der Waals surface area contributed by atoms with E-state index >= 15 is 0 Å². The van der Waals surface area contributed by atoms with Crippen molar-refractivity contribution in [1.82, 2.24) is 28.9 Å². The van der Waals surface area contributed by atoms with Crippen molar-refractivity contribution in [2.45, 2.75) is 42.5 Å². The number of hydrogen-bond donors (Lipinski definition) is 0. The van der Waals surface area contributed by atoms with E-state index in [1.165, 1.54) is 12.8 Å². The fraction of sp³-hybridized carbons (Fsp3) is 0.609. The molecular weight excluding hydrogens is 497 g/mol. The van der Waals surface area contributed by atoms with E-state index in [1.54, 1.807) is 4.90 Å². The van der Waals surface area contributed by atoms with Crippen LogP contribution in [0.25, 0.3) is 0 Å². The average Bonchev–Trinajstić information content (AvgIpc) is 3.40. The molecule has 3 saturated heterocycles. The summed E-state index contributed by atoms with van der Waals surface area (Å²) in [6.07, 6.45) is 6.14. The molecule has 4 heterocycles. The van der Waals surface area contributed by atoms with E-state index in [2.05, 4.69) is 10.1 Å². The summed E-state index contributed by atoms with van der Waals surface area (Å²) in [7, 11) is -4.42. The smallest absolute Gasteiger partial charge is 0.320 e. The predicted molar refractivity (Wildman–Crippen MR) is 119 cm³/mol. The Bertz CT molecular complexity index is 1340. The van der Waals surface area contributed by atoms with Crippen molar-refractivity contribution in [2.24, 2.45) is 10.8 Å². The highest BCUT2D eigenvalue weighted by atomic mass is 32.2. The Labute approximate surface area is 205 Å². The first-order valence-electron chi connectivity index (χ1n) is 12.2. The van der Waals surface area contributed by atoms with Crippen LogP contribution in [-0.2, 0) is 10.0 Å². The van der Waals surface area contributed by atoms with Crippen molar-refractivity contribution in [3.05, 3.63) is 41.7 Å². The maximum absolute atomic E-state index is 14.0. The molecule has 0 bridgehead atoms. The Morgan fingerprint density at radius 2 is 1.50 bits per heavy atom.